The van der Waals surface area contributed by atoms with E-state index >= 15 is 0 Å². The first-order valence-electron chi connectivity index (χ1n) is 6.83. The molecule has 0 aliphatic carbocycles. The second kappa shape index (κ2) is 7.35. The predicted octanol–water partition coefficient (Wildman–Crippen LogP) is 1.89. The molecule has 0 saturated carbocycles. The van der Waals surface area contributed by atoms with E-state index in [1.54, 1.807) is 18.3 Å². The first-order valence-corrected chi connectivity index (χ1v) is 6.83. The molecule has 1 aromatic rings. The number of hydrogen-bond acceptors (Lipinski definition) is 6. The number of hydroxylamine groups is 1. The van der Waals surface area contributed by atoms with Gasteiger partial charge in [-0.05, 0) is 6.07 Å². The van der Waals surface area contributed by atoms with Gasteiger partial charge in [-0.1, -0.05) is 13.8 Å². The highest BCUT2D eigenvalue weighted by Crippen LogP contribution is 2.24. The van der Waals surface area contributed by atoms with Crippen LogP contribution in [-0.2, 0) is 9.47 Å². The van der Waals surface area contributed by atoms with Crippen LogP contribution in [0.25, 0.3) is 0 Å². The van der Waals surface area contributed by atoms with Gasteiger partial charge in [-0.2, -0.15) is 0 Å². The second-order valence-corrected chi connectivity index (χ2v) is 5.59. The van der Waals surface area contributed by atoms with Gasteiger partial charge >= 0.3 is 0 Å². The summed E-state index contributed by atoms with van der Waals surface area (Å²) in [5.74, 6) is 0.516. The molecule has 1 aromatic heterocycles. The summed E-state index contributed by atoms with van der Waals surface area (Å²) in [5.41, 5.74) is 2.53. The molecule has 1 saturated heterocycles. The zero-order valence-corrected chi connectivity index (χ0v) is 12.3. The number of nitrogens with zero attached hydrogens (tertiary/aromatic N) is 2. The molecule has 0 amide bonds. The normalized spacial score (nSPS) is 18.8. The number of hydrogen-bond donors (Lipinski definition) is 2. The summed E-state index contributed by atoms with van der Waals surface area (Å²) in [6, 6.07) is 3.46. The molecule has 2 heterocycles. The molecule has 116 valence electrons. The van der Waals surface area contributed by atoms with Crippen LogP contribution in [0.15, 0.2) is 23.3 Å². The van der Waals surface area contributed by atoms with Crippen molar-refractivity contribution in [2.45, 2.75) is 26.6 Å². The first-order chi connectivity index (χ1) is 10.1. The highest BCUT2D eigenvalue weighted by molar-refractivity contribution is 5.59. The molecular formula is C14H21N3O4. The van der Waals surface area contributed by atoms with Crippen molar-refractivity contribution in [1.82, 2.24) is 10.5 Å². The van der Waals surface area contributed by atoms with Crippen molar-refractivity contribution in [1.29, 1.82) is 0 Å². The predicted molar refractivity (Wildman–Crippen MR) is 76.9 cm³/mol. The number of nitrogens with one attached hydrogen (secondary N) is 1. The van der Waals surface area contributed by atoms with Gasteiger partial charge in [-0.25, -0.2) is 9.98 Å². The molecule has 2 rings (SSSR count). The Labute approximate surface area is 123 Å². The summed E-state index contributed by atoms with van der Waals surface area (Å²) in [4.78, 5) is 8.00. The molecular weight excluding hydrogens is 274 g/mol. The Hall–Kier alpha value is -1.70. The minimum atomic E-state index is -0.211. The van der Waals surface area contributed by atoms with Gasteiger partial charge in [-0.3, -0.25) is 10.7 Å². The summed E-state index contributed by atoms with van der Waals surface area (Å²) >= 11 is 0. The van der Waals surface area contributed by atoms with Crippen molar-refractivity contribution < 1.29 is 19.4 Å². The van der Waals surface area contributed by atoms with E-state index in [0.29, 0.717) is 37.8 Å². The molecule has 0 unspecified atom stereocenters. The molecule has 0 radical (unpaired) electrons. The molecule has 7 nitrogen and oxygen atoms in total. The first kappa shape index (κ1) is 15.7. The van der Waals surface area contributed by atoms with Gasteiger partial charge in [-0.15, -0.1) is 0 Å². The van der Waals surface area contributed by atoms with Crippen LogP contribution in [0.5, 0.6) is 5.88 Å². The van der Waals surface area contributed by atoms with Gasteiger partial charge < -0.3 is 14.2 Å². The zero-order valence-electron chi connectivity index (χ0n) is 12.3. The lowest BCUT2D eigenvalue weighted by Crippen LogP contribution is -2.38. The quantitative estimate of drug-likeness (QED) is 0.473. The molecule has 1 fully saturated rings. The third kappa shape index (κ3) is 5.30. The standard InChI is InChI=1S/C14H21N3O4/c1-14(2)8-20-13(21-9-14)5-6-19-12-4-3-11(7-15-12)16-10-17-18/h3-4,7,10,13,18H,5-6,8-9H2,1-2H3,(H,16,17). The Morgan fingerprint density at radius 1 is 1.48 bits per heavy atom. The van der Waals surface area contributed by atoms with Crippen LogP contribution in [0.3, 0.4) is 0 Å². The molecule has 2 N–H and O–H groups in total. The van der Waals surface area contributed by atoms with Gasteiger partial charge in [0.05, 0.1) is 31.7 Å². The summed E-state index contributed by atoms with van der Waals surface area (Å²) < 4.78 is 16.8. The van der Waals surface area contributed by atoms with E-state index in [4.69, 9.17) is 19.4 Å². The number of rotatable bonds is 6. The van der Waals surface area contributed by atoms with Crippen LogP contribution < -0.4 is 10.2 Å². The van der Waals surface area contributed by atoms with E-state index < -0.39 is 0 Å². The Balaban J connectivity index is 1.70. The van der Waals surface area contributed by atoms with Crippen molar-refractivity contribution in [3.05, 3.63) is 18.3 Å². The zero-order chi connectivity index (χ0) is 15.1. The van der Waals surface area contributed by atoms with Gasteiger partial charge in [0.15, 0.2) is 6.29 Å². The fraction of sp³-hybridized carbons (Fsp3) is 0.571. The average molecular weight is 295 g/mol. The monoisotopic (exact) mass is 295 g/mol. The molecule has 0 bridgehead atoms. The summed E-state index contributed by atoms with van der Waals surface area (Å²) in [7, 11) is 0. The van der Waals surface area contributed by atoms with E-state index in [0.717, 1.165) is 6.34 Å². The van der Waals surface area contributed by atoms with E-state index in [1.807, 2.05) is 5.48 Å². The smallest absolute Gasteiger partial charge is 0.213 e. The number of ether oxygens (including phenoxy) is 3. The van der Waals surface area contributed by atoms with Crippen molar-refractivity contribution in [2.75, 3.05) is 19.8 Å². The van der Waals surface area contributed by atoms with Gasteiger partial charge in [0.25, 0.3) is 0 Å². The lowest BCUT2D eigenvalue weighted by Gasteiger charge is -2.34. The van der Waals surface area contributed by atoms with Crippen molar-refractivity contribution >= 4 is 12.0 Å². The van der Waals surface area contributed by atoms with Gasteiger partial charge in [0.1, 0.15) is 6.34 Å². The fourth-order valence-corrected chi connectivity index (χ4v) is 1.79. The van der Waals surface area contributed by atoms with E-state index in [9.17, 15) is 0 Å². The molecule has 0 atom stereocenters. The van der Waals surface area contributed by atoms with Crippen molar-refractivity contribution in [3.63, 3.8) is 0 Å². The summed E-state index contributed by atoms with van der Waals surface area (Å²) in [5, 5.41) is 8.39. The Morgan fingerprint density at radius 2 is 2.24 bits per heavy atom. The molecule has 1 aliphatic heterocycles. The topological polar surface area (TPSA) is 85.2 Å². The number of pyridine rings is 1. The van der Waals surface area contributed by atoms with Gasteiger partial charge in [0.2, 0.25) is 5.88 Å². The maximum Gasteiger partial charge on any atom is 0.213 e. The highest BCUT2D eigenvalue weighted by Gasteiger charge is 2.28. The van der Waals surface area contributed by atoms with Crippen LogP contribution in [0.4, 0.5) is 5.69 Å². The maximum absolute atomic E-state index is 8.39. The largest absolute Gasteiger partial charge is 0.477 e. The Bertz CT molecular complexity index is 452. The van der Waals surface area contributed by atoms with Crippen LogP contribution in [0.2, 0.25) is 0 Å². The molecule has 1 aliphatic rings. The third-order valence-electron chi connectivity index (χ3n) is 2.92. The third-order valence-corrected chi connectivity index (χ3v) is 2.92. The Morgan fingerprint density at radius 3 is 2.86 bits per heavy atom. The SMILES string of the molecule is CC1(C)COC(CCOc2ccc(N=CNO)cn2)OC1. The van der Waals surface area contributed by atoms with Crippen molar-refractivity contribution in [2.24, 2.45) is 10.4 Å². The highest BCUT2D eigenvalue weighted by atomic mass is 16.7. The van der Waals surface area contributed by atoms with E-state index in [2.05, 4.69) is 23.8 Å². The summed E-state index contributed by atoms with van der Waals surface area (Å²) in [6.07, 6.45) is 3.17. The summed E-state index contributed by atoms with van der Waals surface area (Å²) in [6.45, 7) is 6.09. The molecule has 21 heavy (non-hydrogen) atoms. The maximum atomic E-state index is 8.39. The second-order valence-electron chi connectivity index (χ2n) is 5.59. The van der Waals surface area contributed by atoms with Gasteiger partial charge in [0, 0.05) is 17.9 Å². The Kier molecular flexibility index (Phi) is 5.49. The molecule has 7 heteroatoms. The van der Waals surface area contributed by atoms with Crippen LogP contribution >= 0.6 is 0 Å². The lowest BCUT2D eigenvalue weighted by molar-refractivity contribution is -0.225. The minimum Gasteiger partial charge on any atom is -0.477 e. The average Bonchev–Trinajstić information content (AvgIpc) is 2.48. The lowest BCUT2D eigenvalue weighted by atomic mass is 9.95. The molecule has 0 aromatic carbocycles. The van der Waals surface area contributed by atoms with E-state index in [1.165, 1.54) is 0 Å². The number of aromatic nitrogens is 1. The van der Waals surface area contributed by atoms with Crippen LogP contribution in [0, 0.1) is 5.41 Å². The fourth-order valence-electron chi connectivity index (χ4n) is 1.79. The van der Waals surface area contributed by atoms with E-state index in [-0.39, 0.29) is 11.7 Å². The number of aliphatic imine (C=N–C) groups is 1. The minimum absolute atomic E-state index is 0.0820. The van der Waals surface area contributed by atoms with Crippen molar-refractivity contribution in [3.8, 4) is 5.88 Å². The van der Waals surface area contributed by atoms with Crippen LogP contribution in [-0.4, -0.2) is 42.6 Å². The van der Waals surface area contributed by atoms with Crippen LogP contribution in [0.1, 0.15) is 20.3 Å². The molecule has 0 spiro atoms.